The van der Waals surface area contributed by atoms with Gasteiger partial charge in [-0.15, -0.1) is 0 Å². The normalized spacial score (nSPS) is 22.4. The fraction of sp³-hybridized carbons (Fsp3) is 0.538. The summed E-state index contributed by atoms with van der Waals surface area (Å²) in [4.78, 5) is 0. The van der Waals surface area contributed by atoms with Gasteiger partial charge in [-0.3, -0.25) is 0 Å². The lowest BCUT2D eigenvalue weighted by molar-refractivity contribution is 0.150. The third-order valence-electron chi connectivity index (χ3n) is 3.21. The van der Waals surface area contributed by atoms with Gasteiger partial charge in [0.15, 0.2) is 0 Å². The van der Waals surface area contributed by atoms with Crippen LogP contribution in [0, 0.1) is 0 Å². The number of hydrogen-bond donors (Lipinski definition) is 2. The first-order valence-corrected chi connectivity index (χ1v) is 8.02. The van der Waals surface area contributed by atoms with Gasteiger partial charge in [-0.1, -0.05) is 24.3 Å². The van der Waals surface area contributed by atoms with E-state index < -0.39 is 22.2 Å². The molecule has 2 N–H and O–H groups in total. The van der Waals surface area contributed by atoms with Crippen LogP contribution in [0.1, 0.15) is 24.1 Å². The van der Waals surface area contributed by atoms with Gasteiger partial charge in [-0.25, -0.2) is 13.1 Å². The van der Waals surface area contributed by atoms with E-state index in [1.165, 1.54) is 0 Å². The van der Waals surface area contributed by atoms with Crippen LogP contribution in [-0.2, 0) is 21.2 Å². The molecule has 0 saturated heterocycles. The molecule has 5 nitrogen and oxygen atoms in total. The highest BCUT2D eigenvalue weighted by Gasteiger charge is 2.33. The smallest absolute Gasteiger partial charge is 0.214 e. The highest BCUT2D eigenvalue weighted by Crippen LogP contribution is 2.31. The average molecular weight is 285 g/mol. The molecule has 0 spiro atoms. The Balaban J connectivity index is 2.07. The summed E-state index contributed by atoms with van der Waals surface area (Å²) < 4.78 is 31.4. The molecule has 1 aliphatic carbocycles. The number of aliphatic hydroxyl groups is 1. The van der Waals surface area contributed by atoms with E-state index in [0.717, 1.165) is 11.1 Å². The maximum atomic E-state index is 11.9. The van der Waals surface area contributed by atoms with Gasteiger partial charge in [0, 0.05) is 13.0 Å². The molecule has 0 fully saturated rings. The Morgan fingerprint density at radius 3 is 2.89 bits per heavy atom. The van der Waals surface area contributed by atoms with Crippen molar-refractivity contribution in [3.8, 4) is 0 Å². The number of rotatable bonds is 6. The molecule has 19 heavy (non-hydrogen) atoms. The number of nitrogens with one attached hydrogen (secondary N) is 1. The van der Waals surface area contributed by atoms with Gasteiger partial charge in [0.2, 0.25) is 10.0 Å². The van der Waals surface area contributed by atoms with Crippen molar-refractivity contribution in [3.63, 3.8) is 0 Å². The van der Waals surface area contributed by atoms with Crippen molar-refractivity contribution >= 4 is 10.0 Å². The summed E-state index contributed by atoms with van der Waals surface area (Å²) in [5.74, 6) is -0.0910. The predicted molar refractivity (Wildman–Crippen MR) is 72.3 cm³/mol. The SMILES string of the molecule is CCOCCS(=O)(=O)NC1c2ccccc2CC1O. The Morgan fingerprint density at radius 2 is 2.16 bits per heavy atom. The molecule has 1 aromatic rings. The molecular formula is C13H19NO4S. The van der Waals surface area contributed by atoms with Crippen molar-refractivity contribution in [1.29, 1.82) is 0 Å². The third kappa shape index (κ3) is 3.54. The topological polar surface area (TPSA) is 75.6 Å². The van der Waals surface area contributed by atoms with Crippen LogP contribution in [0.3, 0.4) is 0 Å². The summed E-state index contributed by atoms with van der Waals surface area (Å²) in [6, 6.07) is 6.94. The molecule has 2 unspecified atom stereocenters. The zero-order valence-corrected chi connectivity index (χ0v) is 11.7. The van der Waals surface area contributed by atoms with Crippen LogP contribution in [0.25, 0.3) is 0 Å². The van der Waals surface area contributed by atoms with E-state index in [1.54, 1.807) is 0 Å². The highest BCUT2D eigenvalue weighted by molar-refractivity contribution is 7.89. The summed E-state index contributed by atoms with van der Waals surface area (Å²) in [5.41, 5.74) is 1.85. The van der Waals surface area contributed by atoms with Crippen molar-refractivity contribution in [3.05, 3.63) is 35.4 Å². The van der Waals surface area contributed by atoms with E-state index in [0.29, 0.717) is 13.0 Å². The molecule has 0 heterocycles. The Kier molecular flexibility index (Phi) is 4.57. The third-order valence-corrected chi connectivity index (χ3v) is 4.53. The van der Waals surface area contributed by atoms with Gasteiger partial charge in [0.1, 0.15) is 0 Å². The molecule has 1 aliphatic rings. The first kappa shape index (κ1) is 14.5. The largest absolute Gasteiger partial charge is 0.391 e. The van der Waals surface area contributed by atoms with E-state index in [-0.39, 0.29) is 12.4 Å². The Bertz CT molecular complexity index is 529. The van der Waals surface area contributed by atoms with Gasteiger partial charge in [-0.2, -0.15) is 0 Å². The number of sulfonamides is 1. The number of aliphatic hydroxyl groups excluding tert-OH is 1. The van der Waals surface area contributed by atoms with Gasteiger partial charge < -0.3 is 9.84 Å². The molecule has 2 atom stereocenters. The van der Waals surface area contributed by atoms with Crippen LogP contribution in [0.5, 0.6) is 0 Å². The van der Waals surface area contributed by atoms with Crippen molar-refractivity contribution in [2.75, 3.05) is 19.0 Å². The Morgan fingerprint density at radius 1 is 1.42 bits per heavy atom. The van der Waals surface area contributed by atoms with E-state index in [2.05, 4.69) is 4.72 Å². The summed E-state index contributed by atoms with van der Waals surface area (Å²) in [7, 11) is -3.45. The lowest BCUT2D eigenvalue weighted by Crippen LogP contribution is -2.36. The first-order valence-electron chi connectivity index (χ1n) is 6.37. The average Bonchev–Trinajstić information content (AvgIpc) is 2.66. The number of benzene rings is 1. The van der Waals surface area contributed by atoms with Gasteiger partial charge in [-0.05, 0) is 18.1 Å². The molecule has 106 valence electrons. The fourth-order valence-corrected chi connectivity index (χ4v) is 3.41. The second-order valence-corrected chi connectivity index (χ2v) is 6.46. The molecule has 0 aromatic heterocycles. The van der Waals surface area contributed by atoms with Gasteiger partial charge in [0.25, 0.3) is 0 Å². The fourth-order valence-electron chi connectivity index (χ4n) is 2.28. The molecule has 1 aromatic carbocycles. The van der Waals surface area contributed by atoms with Crippen LogP contribution in [0.15, 0.2) is 24.3 Å². The Hall–Kier alpha value is -0.950. The standard InChI is InChI=1S/C13H19NO4S/c1-2-18-7-8-19(16,17)14-13-11-6-4-3-5-10(11)9-12(13)15/h3-6,12-15H,2,7-9H2,1H3. The van der Waals surface area contributed by atoms with Crippen molar-refractivity contribution < 1.29 is 18.3 Å². The lowest BCUT2D eigenvalue weighted by atomic mass is 10.1. The lowest BCUT2D eigenvalue weighted by Gasteiger charge is -2.18. The molecule has 0 aliphatic heterocycles. The van der Waals surface area contributed by atoms with E-state index in [9.17, 15) is 13.5 Å². The van der Waals surface area contributed by atoms with E-state index in [1.807, 2.05) is 31.2 Å². The minimum Gasteiger partial charge on any atom is -0.391 e. The predicted octanol–water partition coefficient (Wildman–Crippen LogP) is 0.601. The molecule has 0 bridgehead atoms. The molecule has 0 amide bonds. The first-order chi connectivity index (χ1) is 9.03. The van der Waals surface area contributed by atoms with Crippen molar-refractivity contribution in [1.82, 2.24) is 4.72 Å². The summed E-state index contributed by atoms with van der Waals surface area (Å²) in [5, 5.41) is 9.99. The monoisotopic (exact) mass is 285 g/mol. The van der Waals surface area contributed by atoms with E-state index >= 15 is 0 Å². The molecule has 2 rings (SSSR count). The van der Waals surface area contributed by atoms with Crippen LogP contribution >= 0.6 is 0 Å². The minimum atomic E-state index is -3.45. The number of fused-ring (bicyclic) bond motifs is 1. The zero-order chi connectivity index (χ0) is 13.9. The molecule has 6 heteroatoms. The summed E-state index contributed by atoms with van der Waals surface area (Å²) in [6.07, 6.45) is -0.228. The number of hydrogen-bond acceptors (Lipinski definition) is 4. The van der Waals surface area contributed by atoms with Gasteiger partial charge in [0.05, 0.1) is 24.5 Å². The molecular weight excluding hydrogens is 266 g/mol. The maximum absolute atomic E-state index is 11.9. The maximum Gasteiger partial charge on any atom is 0.214 e. The minimum absolute atomic E-state index is 0.0910. The summed E-state index contributed by atoms with van der Waals surface area (Å²) in [6.45, 7) is 2.47. The van der Waals surface area contributed by atoms with E-state index in [4.69, 9.17) is 4.74 Å². The highest BCUT2D eigenvalue weighted by atomic mass is 32.2. The zero-order valence-electron chi connectivity index (χ0n) is 10.9. The Labute approximate surface area is 113 Å². The van der Waals surface area contributed by atoms with Crippen LogP contribution < -0.4 is 4.72 Å². The van der Waals surface area contributed by atoms with Crippen LogP contribution in [0.4, 0.5) is 0 Å². The van der Waals surface area contributed by atoms with Crippen LogP contribution in [-0.4, -0.2) is 38.6 Å². The molecule has 0 saturated carbocycles. The van der Waals surface area contributed by atoms with Crippen molar-refractivity contribution in [2.24, 2.45) is 0 Å². The van der Waals surface area contributed by atoms with Crippen LogP contribution in [0.2, 0.25) is 0 Å². The second-order valence-electron chi connectivity index (χ2n) is 4.58. The molecule has 0 radical (unpaired) electrons. The quantitative estimate of drug-likeness (QED) is 0.751. The summed E-state index contributed by atoms with van der Waals surface area (Å²) >= 11 is 0. The number of ether oxygens (including phenoxy) is 1. The van der Waals surface area contributed by atoms with Crippen molar-refractivity contribution in [2.45, 2.75) is 25.5 Å². The van der Waals surface area contributed by atoms with Gasteiger partial charge >= 0.3 is 0 Å². The second kappa shape index (κ2) is 6.00.